The van der Waals surface area contributed by atoms with Crippen molar-refractivity contribution in [1.82, 2.24) is 0 Å². The van der Waals surface area contributed by atoms with Gasteiger partial charge in [-0.15, -0.1) is 0 Å². The zero-order valence-corrected chi connectivity index (χ0v) is 11.9. The molecule has 0 aliphatic heterocycles. The fraction of sp³-hybridized carbons (Fsp3) is 0.562. The molecule has 1 aromatic rings. The minimum Gasteiger partial charge on any atom is -0.496 e. The molecule has 0 saturated heterocycles. The predicted molar refractivity (Wildman–Crippen MR) is 74.8 cm³/mol. The van der Waals surface area contributed by atoms with Crippen LogP contribution in [0.2, 0.25) is 0 Å². The summed E-state index contributed by atoms with van der Waals surface area (Å²) in [5, 5.41) is 9.67. The molecule has 0 radical (unpaired) electrons. The maximum atomic E-state index is 11.8. The first-order valence-electron chi connectivity index (χ1n) is 6.93. The van der Waals surface area contributed by atoms with Crippen molar-refractivity contribution < 1.29 is 14.6 Å². The van der Waals surface area contributed by atoms with E-state index >= 15 is 0 Å². The normalized spacial score (nSPS) is 17.4. The quantitative estimate of drug-likeness (QED) is 0.900. The molecule has 19 heavy (non-hydrogen) atoms. The largest absolute Gasteiger partial charge is 0.496 e. The lowest BCUT2D eigenvalue weighted by molar-refractivity contribution is -0.140. The molecule has 0 bridgehead atoms. The van der Waals surface area contributed by atoms with Crippen LogP contribution in [0.15, 0.2) is 12.1 Å². The Labute approximate surface area is 114 Å². The van der Waals surface area contributed by atoms with Gasteiger partial charge in [0, 0.05) is 5.56 Å². The molecule has 1 aromatic carbocycles. The van der Waals surface area contributed by atoms with Gasteiger partial charge in [0.15, 0.2) is 0 Å². The van der Waals surface area contributed by atoms with E-state index in [0.29, 0.717) is 0 Å². The topological polar surface area (TPSA) is 46.5 Å². The van der Waals surface area contributed by atoms with E-state index in [-0.39, 0.29) is 5.92 Å². The Kier molecular flexibility index (Phi) is 4.13. The average Bonchev–Trinajstić information content (AvgIpc) is 2.87. The minimum atomic E-state index is -0.723. The Morgan fingerprint density at radius 3 is 2.37 bits per heavy atom. The number of carboxylic acid groups (broad SMARTS) is 1. The Hall–Kier alpha value is -1.51. The molecule has 1 aliphatic carbocycles. The van der Waals surface area contributed by atoms with Crippen molar-refractivity contribution in [2.24, 2.45) is 5.92 Å². The van der Waals surface area contributed by atoms with Crippen LogP contribution in [0.4, 0.5) is 0 Å². The molecular weight excluding hydrogens is 240 g/mol. The van der Waals surface area contributed by atoms with Crippen molar-refractivity contribution >= 4 is 5.97 Å². The van der Waals surface area contributed by atoms with Crippen LogP contribution in [-0.4, -0.2) is 18.2 Å². The van der Waals surface area contributed by atoms with Crippen molar-refractivity contribution in [3.63, 3.8) is 0 Å². The van der Waals surface area contributed by atoms with Gasteiger partial charge in [-0.2, -0.15) is 0 Å². The van der Waals surface area contributed by atoms with Gasteiger partial charge in [-0.05, 0) is 43.7 Å². The van der Waals surface area contributed by atoms with Gasteiger partial charge in [-0.25, -0.2) is 0 Å². The molecular formula is C16H22O3. The van der Waals surface area contributed by atoms with E-state index < -0.39 is 11.9 Å². The lowest BCUT2D eigenvalue weighted by atomic mass is 9.81. The standard InChI is InChI=1S/C16H22O3/c1-10-8-9-11(2)15(19-3)13(10)14(16(17)18)12-6-4-5-7-12/h8-9,12,14H,4-7H2,1-3H3,(H,17,18). The first kappa shape index (κ1) is 13.9. The van der Waals surface area contributed by atoms with Crippen LogP contribution in [0.1, 0.15) is 48.3 Å². The third-order valence-electron chi connectivity index (χ3n) is 4.26. The van der Waals surface area contributed by atoms with Gasteiger partial charge in [0.2, 0.25) is 0 Å². The van der Waals surface area contributed by atoms with Crippen molar-refractivity contribution in [2.75, 3.05) is 7.11 Å². The molecule has 0 amide bonds. The summed E-state index contributed by atoms with van der Waals surface area (Å²) >= 11 is 0. The molecule has 1 atom stereocenters. The second-order valence-electron chi connectivity index (χ2n) is 5.51. The van der Waals surface area contributed by atoms with E-state index in [9.17, 15) is 9.90 Å². The van der Waals surface area contributed by atoms with Crippen LogP contribution < -0.4 is 4.74 Å². The summed E-state index contributed by atoms with van der Waals surface area (Å²) in [7, 11) is 1.62. The molecule has 2 rings (SSSR count). The third kappa shape index (κ3) is 2.60. The number of ether oxygens (including phenoxy) is 1. The fourth-order valence-electron chi connectivity index (χ4n) is 3.32. The van der Waals surface area contributed by atoms with Gasteiger partial charge in [0.05, 0.1) is 13.0 Å². The van der Waals surface area contributed by atoms with Crippen LogP contribution in [0, 0.1) is 19.8 Å². The molecule has 1 aliphatic rings. The monoisotopic (exact) mass is 262 g/mol. The summed E-state index contributed by atoms with van der Waals surface area (Å²) in [4.78, 5) is 11.8. The zero-order chi connectivity index (χ0) is 14.0. The van der Waals surface area contributed by atoms with Gasteiger partial charge in [0.1, 0.15) is 5.75 Å². The molecule has 0 spiro atoms. The first-order chi connectivity index (χ1) is 9.06. The maximum Gasteiger partial charge on any atom is 0.311 e. The smallest absolute Gasteiger partial charge is 0.311 e. The van der Waals surface area contributed by atoms with E-state index in [2.05, 4.69) is 0 Å². The first-order valence-corrected chi connectivity index (χ1v) is 6.93. The number of aryl methyl sites for hydroxylation is 2. The number of carboxylic acids is 1. The lowest BCUT2D eigenvalue weighted by Gasteiger charge is -2.24. The second kappa shape index (κ2) is 5.64. The molecule has 1 saturated carbocycles. The second-order valence-corrected chi connectivity index (χ2v) is 5.51. The van der Waals surface area contributed by atoms with Crippen LogP contribution >= 0.6 is 0 Å². The van der Waals surface area contributed by atoms with Crippen molar-refractivity contribution in [2.45, 2.75) is 45.4 Å². The van der Waals surface area contributed by atoms with E-state index in [1.165, 1.54) is 0 Å². The zero-order valence-electron chi connectivity index (χ0n) is 11.9. The Balaban J connectivity index is 2.52. The summed E-state index contributed by atoms with van der Waals surface area (Å²) in [5.41, 5.74) is 2.90. The van der Waals surface area contributed by atoms with Crippen molar-refractivity contribution in [1.29, 1.82) is 0 Å². The number of hydrogen-bond donors (Lipinski definition) is 1. The van der Waals surface area contributed by atoms with Gasteiger partial charge in [-0.1, -0.05) is 25.0 Å². The number of benzene rings is 1. The summed E-state index contributed by atoms with van der Waals surface area (Å²) < 4.78 is 5.48. The molecule has 0 aromatic heterocycles. The summed E-state index contributed by atoms with van der Waals surface area (Å²) in [6.45, 7) is 3.94. The van der Waals surface area contributed by atoms with Gasteiger partial charge in [0.25, 0.3) is 0 Å². The molecule has 104 valence electrons. The van der Waals surface area contributed by atoms with E-state index in [4.69, 9.17) is 4.74 Å². The minimum absolute atomic E-state index is 0.242. The molecule has 1 N–H and O–H groups in total. The van der Waals surface area contributed by atoms with E-state index in [1.807, 2.05) is 26.0 Å². The third-order valence-corrected chi connectivity index (χ3v) is 4.26. The Morgan fingerprint density at radius 2 is 1.84 bits per heavy atom. The Bertz CT molecular complexity index is 473. The van der Waals surface area contributed by atoms with Gasteiger partial charge in [-0.3, -0.25) is 4.79 Å². The average molecular weight is 262 g/mol. The summed E-state index contributed by atoms with van der Waals surface area (Å²) in [5.74, 6) is -0.164. The number of carbonyl (C=O) groups is 1. The fourth-order valence-corrected chi connectivity index (χ4v) is 3.32. The number of hydrogen-bond acceptors (Lipinski definition) is 2. The maximum absolute atomic E-state index is 11.8. The van der Waals surface area contributed by atoms with Crippen molar-refractivity contribution in [3.05, 3.63) is 28.8 Å². The van der Waals surface area contributed by atoms with E-state index in [0.717, 1.165) is 48.1 Å². The number of rotatable bonds is 4. The molecule has 3 nitrogen and oxygen atoms in total. The predicted octanol–water partition coefficient (Wildman–Crippen LogP) is 3.67. The number of methoxy groups -OCH3 is 1. The molecule has 3 heteroatoms. The van der Waals surface area contributed by atoms with Crippen LogP contribution in [0.25, 0.3) is 0 Å². The highest BCUT2D eigenvalue weighted by molar-refractivity contribution is 5.79. The summed E-state index contributed by atoms with van der Waals surface area (Å²) in [6.07, 6.45) is 4.30. The highest BCUT2D eigenvalue weighted by atomic mass is 16.5. The highest BCUT2D eigenvalue weighted by Crippen LogP contribution is 2.43. The van der Waals surface area contributed by atoms with E-state index in [1.54, 1.807) is 7.11 Å². The van der Waals surface area contributed by atoms with Gasteiger partial charge < -0.3 is 9.84 Å². The highest BCUT2D eigenvalue weighted by Gasteiger charge is 2.35. The molecule has 1 fully saturated rings. The SMILES string of the molecule is COc1c(C)ccc(C)c1C(C(=O)O)C1CCCC1. The summed E-state index contributed by atoms with van der Waals surface area (Å²) in [6, 6.07) is 3.99. The number of aliphatic carboxylic acids is 1. The van der Waals surface area contributed by atoms with Crippen LogP contribution in [-0.2, 0) is 4.79 Å². The van der Waals surface area contributed by atoms with Crippen LogP contribution in [0.3, 0.4) is 0 Å². The lowest BCUT2D eigenvalue weighted by Crippen LogP contribution is -2.21. The van der Waals surface area contributed by atoms with Crippen LogP contribution in [0.5, 0.6) is 5.75 Å². The molecule has 1 unspecified atom stereocenters. The molecule has 0 heterocycles. The van der Waals surface area contributed by atoms with Gasteiger partial charge >= 0.3 is 5.97 Å². The Morgan fingerprint density at radius 1 is 1.26 bits per heavy atom. The van der Waals surface area contributed by atoms with Crippen molar-refractivity contribution in [3.8, 4) is 5.75 Å².